The molecule has 19 heavy (non-hydrogen) atoms. The second kappa shape index (κ2) is 5.40. The molecule has 0 bridgehead atoms. The van der Waals surface area contributed by atoms with Crippen molar-refractivity contribution in [2.45, 2.75) is 12.0 Å². The third kappa shape index (κ3) is 2.56. The van der Waals surface area contributed by atoms with Crippen LogP contribution in [0.15, 0.2) is 33.3 Å². The van der Waals surface area contributed by atoms with Gasteiger partial charge in [0.25, 0.3) is 0 Å². The van der Waals surface area contributed by atoms with Crippen molar-refractivity contribution >= 4 is 15.9 Å². The number of nitrogens with one attached hydrogen (secondary N) is 1. The summed E-state index contributed by atoms with van der Waals surface area (Å²) in [6.07, 6.45) is 0. The van der Waals surface area contributed by atoms with Gasteiger partial charge in [0.15, 0.2) is 0 Å². The van der Waals surface area contributed by atoms with E-state index in [1.807, 2.05) is 31.3 Å². The Morgan fingerprint density at radius 3 is 2.79 bits per heavy atom. The summed E-state index contributed by atoms with van der Waals surface area (Å²) in [4.78, 5) is 4.48. The monoisotopic (exact) mass is 323 g/mol. The largest absolute Gasteiger partial charge is 0.379 e. The van der Waals surface area contributed by atoms with E-state index in [4.69, 9.17) is 9.26 Å². The second-order valence-corrected chi connectivity index (χ2v) is 5.42. The van der Waals surface area contributed by atoms with Crippen LogP contribution in [0.1, 0.15) is 11.8 Å². The van der Waals surface area contributed by atoms with E-state index in [0.29, 0.717) is 24.9 Å². The Hall–Kier alpha value is -1.24. The summed E-state index contributed by atoms with van der Waals surface area (Å²) in [7, 11) is 1.92. The first kappa shape index (κ1) is 12.8. The van der Waals surface area contributed by atoms with Crippen LogP contribution < -0.4 is 5.32 Å². The van der Waals surface area contributed by atoms with Crippen LogP contribution in [0.2, 0.25) is 0 Å². The average Bonchev–Trinajstić information content (AvgIpc) is 3.07. The van der Waals surface area contributed by atoms with Crippen LogP contribution in [0, 0.1) is 0 Å². The minimum absolute atomic E-state index is 0.127. The highest BCUT2D eigenvalue weighted by Crippen LogP contribution is 2.26. The normalized spacial score (nSPS) is 22.8. The number of aromatic nitrogens is 2. The third-order valence-electron chi connectivity index (χ3n) is 3.31. The van der Waals surface area contributed by atoms with Gasteiger partial charge in [-0.3, -0.25) is 0 Å². The molecule has 0 saturated carbocycles. The maximum absolute atomic E-state index is 5.45. The highest BCUT2D eigenvalue weighted by Gasteiger charge is 2.33. The van der Waals surface area contributed by atoms with Gasteiger partial charge in [0, 0.05) is 16.1 Å². The number of hydrogen-bond donors (Lipinski definition) is 1. The topological polar surface area (TPSA) is 60.2 Å². The molecule has 1 N–H and O–H groups in total. The Morgan fingerprint density at radius 1 is 1.26 bits per heavy atom. The van der Waals surface area contributed by atoms with Crippen LogP contribution in [0.5, 0.6) is 0 Å². The van der Waals surface area contributed by atoms with Gasteiger partial charge in [0.05, 0.1) is 19.1 Å². The fourth-order valence-electron chi connectivity index (χ4n) is 2.18. The summed E-state index contributed by atoms with van der Waals surface area (Å²) in [5, 5.41) is 7.25. The van der Waals surface area contributed by atoms with Gasteiger partial charge in [-0.05, 0) is 31.3 Å². The Labute approximate surface area is 119 Å². The number of ether oxygens (including phenoxy) is 1. The minimum Gasteiger partial charge on any atom is -0.379 e. The van der Waals surface area contributed by atoms with Crippen LogP contribution in [0.4, 0.5) is 0 Å². The first-order valence-electron chi connectivity index (χ1n) is 6.12. The zero-order valence-corrected chi connectivity index (χ0v) is 12.1. The van der Waals surface area contributed by atoms with Crippen molar-refractivity contribution in [3.8, 4) is 11.4 Å². The standard InChI is InChI=1S/C13H14BrN3O2/c1-15-11-7-18-6-10(11)13-16-12(17-19-13)8-2-4-9(14)5-3-8/h2-5,10-11,15H,6-7H2,1H3. The lowest BCUT2D eigenvalue weighted by molar-refractivity contribution is 0.185. The molecule has 5 nitrogen and oxygen atoms in total. The molecular formula is C13H14BrN3O2. The van der Waals surface area contributed by atoms with E-state index in [1.54, 1.807) is 0 Å². The predicted molar refractivity (Wildman–Crippen MR) is 73.8 cm³/mol. The molecule has 0 spiro atoms. The number of halogens is 1. The van der Waals surface area contributed by atoms with Gasteiger partial charge in [-0.1, -0.05) is 21.1 Å². The SMILES string of the molecule is CNC1COCC1c1nc(-c2ccc(Br)cc2)no1. The molecule has 2 atom stereocenters. The molecule has 1 aromatic heterocycles. The molecule has 1 aromatic carbocycles. The van der Waals surface area contributed by atoms with Crippen LogP contribution in [-0.2, 0) is 4.74 Å². The lowest BCUT2D eigenvalue weighted by Gasteiger charge is -2.11. The van der Waals surface area contributed by atoms with E-state index in [2.05, 4.69) is 31.4 Å². The van der Waals surface area contributed by atoms with Gasteiger partial charge < -0.3 is 14.6 Å². The zero-order valence-electron chi connectivity index (χ0n) is 10.5. The summed E-state index contributed by atoms with van der Waals surface area (Å²) in [5.74, 6) is 1.38. The molecule has 2 unspecified atom stereocenters. The molecule has 3 rings (SSSR count). The first-order chi connectivity index (χ1) is 9.28. The molecule has 6 heteroatoms. The number of benzene rings is 1. The lowest BCUT2D eigenvalue weighted by Crippen LogP contribution is -2.31. The summed E-state index contributed by atoms with van der Waals surface area (Å²) < 4.78 is 11.8. The number of rotatable bonds is 3. The summed E-state index contributed by atoms with van der Waals surface area (Å²) in [6.45, 7) is 1.30. The number of likely N-dealkylation sites (N-methyl/N-ethyl adjacent to an activating group) is 1. The number of nitrogens with zero attached hydrogens (tertiary/aromatic N) is 2. The summed E-state index contributed by atoms with van der Waals surface area (Å²) in [6, 6.07) is 8.07. The second-order valence-electron chi connectivity index (χ2n) is 4.50. The Bertz CT molecular complexity index is 555. The molecule has 1 saturated heterocycles. The minimum atomic E-state index is 0.127. The fraction of sp³-hybridized carbons (Fsp3) is 0.385. The number of hydrogen-bond acceptors (Lipinski definition) is 5. The van der Waals surface area contributed by atoms with Crippen LogP contribution in [0.3, 0.4) is 0 Å². The van der Waals surface area contributed by atoms with Gasteiger partial charge in [-0.15, -0.1) is 0 Å². The van der Waals surface area contributed by atoms with Gasteiger partial charge >= 0.3 is 0 Å². The molecule has 0 amide bonds. The molecule has 1 fully saturated rings. The Balaban J connectivity index is 1.85. The van der Waals surface area contributed by atoms with Crippen molar-refractivity contribution in [3.63, 3.8) is 0 Å². The predicted octanol–water partition coefficient (Wildman–Crippen LogP) is 2.20. The van der Waals surface area contributed by atoms with Gasteiger partial charge in [0.2, 0.25) is 11.7 Å². The molecule has 2 heterocycles. The Morgan fingerprint density at radius 2 is 2.05 bits per heavy atom. The zero-order chi connectivity index (χ0) is 13.2. The van der Waals surface area contributed by atoms with Crippen molar-refractivity contribution in [2.75, 3.05) is 20.3 Å². The average molecular weight is 324 g/mol. The van der Waals surface area contributed by atoms with E-state index < -0.39 is 0 Å². The first-order valence-corrected chi connectivity index (χ1v) is 6.92. The van der Waals surface area contributed by atoms with Gasteiger partial charge in [0.1, 0.15) is 0 Å². The van der Waals surface area contributed by atoms with E-state index in [-0.39, 0.29) is 12.0 Å². The summed E-state index contributed by atoms with van der Waals surface area (Å²) >= 11 is 3.41. The molecule has 2 aromatic rings. The van der Waals surface area contributed by atoms with E-state index in [9.17, 15) is 0 Å². The fourth-order valence-corrected chi connectivity index (χ4v) is 2.45. The van der Waals surface area contributed by atoms with Crippen molar-refractivity contribution in [1.29, 1.82) is 0 Å². The Kier molecular flexibility index (Phi) is 3.63. The highest BCUT2D eigenvalue weighted by atomic mass is 79.9. The molecule has 1 aliphatic heterocycles. The lowest BCUT2D eigenvalue weighted by atomic mass is 10.0. The van der Waals surface area contributed by atoms with Crippen molar-refractivity contribution in [1.82, 2.24) is 15.5 Å². The summed E-state index contributed by atoms with van der Waals surface area (Å²) in [5.41, 5.74) is 0.943. The molecule has 100 valence electrons. The molecular weight excluding hydrogens is 310 g/mol. The van der Waals surface area contributed by atoms with Gasteiger partial charge in [-0.25, -0.2) is 0 Å². The quantitative estimate of drug-likeness (QED) is 0.938. The van der Waals surface area contributed by atoms with Crippen LogP contribution in [-0.4, -0.2) is 36.4 Å². The van der Waals surface area contributed by atoms with E-state index in [1.165, 1.54) is 0 Å². The molecule has 1 aliphatic rings. The van der Waals surface area contributed by atoms with Gasteiger partial charge in [-0.2, -0.15) is 4.98 Å². The van der Waals surface area contributed by atoms with E-state index >= 15 is 0 Å². The van der Waals surface area contributed by atoms with Crippen LogP contribution >= 0.6 is 15.9 Å². The van der Waals surface area contributed by atoms with Crippen molar-refractivity contribution < 1.29 is 9.26 Å². The maximum atomic E-state index is 5.45. The van der Waals surface area contributed by atoms with Crippen molar-refractivity contribution in [2.24, 2.45) is 0 Å². The smallest absolute Gasteiger partial charge is 0.234 e. The highest BCUT2D eigenvalue weighted by molar-refractivity contribution is 9.10. The third-order valence-corrected chi connectivity index (χ3v) is 3.84. The van der Waals surface area contributed by atoms with Crippen LogP contribution in [0.25, 0.3) is 11.4 Å². The molecule has 0 radical (unpaired) electrons. The maximum Gasteiger partial charge on any atom is 0.234 e. The van der Waals surface area contributed by atoms with E-state index in [0.717, 1.165) is 10.0 Å². The molecule has 0 aliphatic carbocycles. The van der Waals surface area contributed by atoms with Crippen molar-refractivity contribution in [3.05, 3.63) is 34.6 Å².